The van der Waals surface area contributed by atoms with Crippen LogP contribution in [0.25, 0.3) is 5.69 Å². The van der Waals surface area contributed by atoms with Crippen LogP contribution in [0, 0.1) is 0 Å². The van der Waals surface area contributed by atoms with Gasteiger partial charge >= 0.3 is 0 Å². The number of benzene rings is 3. The first-order valence-corrected chi connectivity index (χ1v) is 12.3. The second-order valence-electron chi connectivity index (χ2n) is 7.45. The Hall–Kier alpha value is -3.07. The Morgan fingerprint density at radius 2 is 1.82 bits per heavy atom. The number of methoxy groups -OCH3 is 1. The summed E-state index contributed by atoms with van der Waals surface area (Å²) >= 11 is 7.62. The van der Waals surface area contributed by atoms with Gasteiger partial charge in [-0.2, -0.15) is 4.68 Å². The molecule has 0 bridgehead atoms. The standard InChI is InChI=1S/C25H26ClN5O2S/c1-32-23-10-5-7-20(24(23)33-18-19-11-13-21(26)14-12-19)17-27-15-6-16-34-25-28-29-30-31(25)22-8-3-2-4-9-22/h2-5,7-14,27H,6,15-18H2,1H3. The van der Waals surface area contributed by atoms with Crippen LogP contribution in [0.15, 0.2) is 78.0 Å². The van der Waals surface area contributed by atoms with E-state index in [4.69, 9.17) is 21.1 Å². The fourth-order valence-corrected chi connectivity index (χ4v) is 4.30. The van der Waals surface area contributed by atoms with Gasteiger partial charge in [0.15, 0.2) is 11.5 Å². The predicted molar refractivity (Wildman–Crippen MR) is 135 cm³/mol. The molecule has 0 aliphatic rings. The van der Waals surface area contributed by atoms with Crippen LogP contribution in [-0.4, -0.2) is 39.6 Å². The van der Waals surface area contributed by atoms with E-state index in [-0.39, 0.29) is 0 Å². The molecule has 9 heteroatoms. The highest BCUT2D eigenvalue weighted by molar-refractivity contribution is 7.99. The lowest BCUT2D eigenvalue weighted by Gasteiger charge is -2.16. The minimum absolute atomic E-state index is 0.442. The second kappa shape index (κ2) is 12.4. The fraction of sp³-hybridized carbons (Fsp3) is 0.240. The Labute approximate surface area is 208 Å². The van der Waals surface area contributed by atoms with Gasteiger partial charge in [0.25, 0.3) is 0 Å². The van der Waals surface area contributed by atoms with E-state index >= 15 is 0 Å². The highest BCUT2D eigenvalue weighted by atomic mass is 35.5. The van der Waals surface area contributed by atoms with Gasteiger partial charge in [0, 0.05) is 22.9 Å². The molecular formula is C25H26ClN5O2S. The Morgan fingerprint density at radius 3 is 2.62 bits per heavy atom. The average Bonchev–Trinajstić information content (AvgIpc) is 3.35. The van der Waals surface area contributed by atoms with Crippen LogP contribution in [0.1, 0.15) is 17.5 Å². The molecule has 0 aliphatic heterocycles. The minimum atomic E-state index is 0.442. The summed E-state index contributed by atoms with van der Waals surface area (Å²) in [5, 5.41) is 17.1. The molecule has 4 aromatic rings. The molecule has 7 nitrogen and oxygen atoms in total. The van der Waals surface area contributed by atoms with Crippen LogP contribution in [0.5, 0.6) is 11.5 Å². The van der Waals surface area contributed by atoms with Gasteiger partial charge in [0.05, 0.1) is 12.8 Å². The lowest BCUT2D eigenvalue weighted by atomic mass is 10.1. The molecule has 0 amide bonds. The van der Waals surface area contributed by atoms with Crippen molar-refractivity contribution in [2.45, 2.75) is 24.7 Å². The molecular weight excluding hydrogens is 470 g/mol. The Morgan fingerprint density at radius 1 is 1.00 bits per heavy atom. The smallest absolute Gasteiger partial charge is 0.214 e. The van der Waals surface area contributed by atoms with Crippen LogP contribution < -0.4 is 14.8 Å². The maximum Gasteiger partial charge on any atom is 0.214 e. The van der Waals surface area contributed by atoms with Gasteiger partial charge in [-0.15, -0.1) is 5.10 Å². The maximum absolute atomic E-state index is 6.13. The van der Waals surface area contributed by atoms with Gasteiger partial charge in [-0.1, -0.05) is 65.8 Å². The summed E-state index contributed by atoms with van der Waals surface area (Å²) in [4.78, 5) is 0. The van der Waals surface area contributed by atoms with Gasteiger partial charge < -0.3 is 14.8 Å². The predicted octanol–water partition coefficient (Wildman–Crippen LogP) is 5.18. The quantitative estimate of drug-likeness (QED) is 0.214. The maximum atomic E-state index is 6.13. The average molecular weight is 496 g/mol. The molecule has 34 heavy (non-hydrogen) atoms. The largest absolute Gasteiger partial charge is 0.493 e. The number of aromatic nitrogens is 4. The van der Waals surface area contributed by atoms with Gasteiger partial charge in [-0.05, 0) is 59.3 Å². The number of para-hydroxylation sites is 2. The highest BCUT2D eigenvalue weighted by Gasteiger charge is 2.11. The van der Waals surface area contributed by atoms with Crippen molar-refractivity contribution in [2.75, 3.05) is 19.4 Å². The topological polar surface area (TPSA) is 74.1 Å². The first-order chi connectivity index (χ1) is 16.7. The van der Waals surface area contributed by atoms with Crippen molar-refractivity contribution in [1.82, 2.24) is 25.5 Å². The summed E-state index contributed by atoms with van der Waals surface area (Å²) in [6.07, 6.45) is 0.969. The molecule has 0 saturated carbocycles. The van der Waals surface area contributed by atoms with Crippen molar-refractivity contribution in [1.29, 1.82) is 0 Å². The van der Waals surface area contributed by atoms with E-state index in [1.165, 1.54) is 0 Å². The van der Waals surface area contributed by atoms with Gasteiger partial charge in [0.2, 0.25) is 5.16 Å². The van der Waals surface area contributed by atoms with Crippen molar-refractivity contribution in [3.05, 3.63) is 88.9 Å². The molecule has 0 radical (unpaired) electrons. The van der Waals surface area contributed by atoms with E-state index in [0.29, 0.717) is 18.2 Å². The molecule has 3 aromatic carbocycles. The number of hydrogen-bond donors (Lipinski definition) is 1. The normalized spacial score (nSPS) is 10.9. The van der Waals surface area contributed by atoms with E-state index in [2.05, 4.69) is 26.9 Å². The lowest BCUT2D eigenvalue weighted by Crippen LogP contribution is -2.16. The molecule has 0 atom stereocenters. The zero-order chi connectivity index (χ0) is 23.6. The third kappa shape index (κ3) is 6.50. The van der Waals surface area contributed by atoms with Gasteiger partial charge in [0.1, 0.15) is 6.61 Å². The number of halogens is 1. The lowest BCUT2D eigenvalue weighted by molar-refractivity contribution is 0.280. The molecule has 1 aromatic heterocycles. The van der Waals surface area contributed by atoms with Crippen molar-refractivity contribution in [3.8, 4) is 17.2 Å². The van der Waals surface area contributed by atoms with E-state index in [0.717, 1.165) is 52.2 Å². The Kier molecular flexibility index (Phi) is 8.78. The summed E-state index contributed by atoms with van der Waals surface area (Å²) in [5.74, 6) is 2.37. The molecule has 0 unspecified atom stereocenters. The van der Waals surface area contributed by atoms with Gasteiger partial charge in [-0.3, -0.25) is 0 Å². The summed E-state index contributed by atoms with van der Waals surface area (Å²) < 4.78 is 13.4. The number of nitrogens with one attached hydrogen (secondary N) is 1. The molecule has 176 valence electrons. The van der Waals surface area contributed by atoms with Crippen LogP contribution in [0.4, 0.5) is 0 Å². The van der Waals surface area contributed by atoms with E-state index < -0.39 is 0 Å². The molecule has 1 N–H and O–H groups in total. The zero-order valence-electron chi connectivity index (χ0n) is 18.9. The van der Waals surface area contributed by atoms with Crippen LogP contribution in [0.2, 0.25) is 5.02 Å². The van der Waals surface area contributed by atoms with Crippen molar-refractivity contribution in [3.63, 3.8) is 0 Å². The highest BCUT2D eigenvalue weighted by Crippen LogP contribution is 2.32. The summed E-state index contributed by atoms with van der Waals surface area (Å²) in [5.41, 5.74) is 3.05. The van der Waals surface area contributed by atoms with Gasteiger partial charge in [-0.25, -0.2) is 0 Å². The van der Waals surface area contributed by atoms with E-state index in [1.807, 2.05) is 66.7 Å². The van der Waals surface area contributed by atoms with E-state index in [9.17, 15) is 0 Å². The number of nitrogens with zero attached hydrogens (tertiary/aromatic N) is 4. The Balaban J connectivity index is 1.26. The van der Waals surface area contributed by atoms with Crippen molar-refractivity contribution in [2.24, 2.45) is 0 Å². The number of thioether (sulfide) groups is 1. The first-order valence-electron chi connectivity index (χ1n) is 10.9. The van der Waals surface area contributed by atoms with Crippen LogP contribution in [0.3, 0.4) is 0 Å². The number of ether oxygens (including phenoxy) is 2. The van der Waals surface area contributed by atoms with E-state index in [1.54, 1.807) is 23.6 Å². The molecule has 0 fully saturated rings. The molecule has 1 heterocycles. The SMILES string of the molecule is COc1cccc(CNCCCSc2nnnn2-c2ccccc2)c1OCc1ccc(Cl)cc1. The molecule has 0 aliphatic carbocycles. The van der Waals surface area contributed by atoms with Crippen LogP contribution >= 0.6 is 23.4 Å². The van der Waals surface area contributed by atoms with Crippen molar-refractivity contribution < 1.29 is 9.47 Å². The fourth-order valence-electron chi connectivity index (χ4n) is 3.35. The summed E-state index contributed by atoms with van der Waals surface area (Å²) in [6, 6.07) is 23.5. The number of hydrogen-bond acceptors (Lipinski definition) is 7. The minimum Gasteiger partial charge on any atom is -0.493 e. The zero-order valence-corrected chi connectivity index (χ0v) is 20.4. The Bertz CT molecular complexity index is 1170. The second-order valence-corrected chi connectivity index (χ2v) is 8.95. The summed E-state index contributed by atoms with van der Waals surface area (Å²) in [7, 11) is 1.65. The van der Waals surface area contributed by atoms with Crippen LogP contribution in [-0.2, 0) is 13.2 Å². The molecule has 0 spiro atoms. The first kappa shape index (κ1) is 24.1. The number of rotatable bonds is 12. The third-order valence-corrected chi connectivity index (χ3v) is 6.32. The third-order valence-electron chi connectivity index (χ3n) is 5.06. The summed E-state index contributed by atoms with van der Waals surface area (Å²) in [6.45, 7) is 1.98. The number of tetrazole rings is 1. The molecule has 0 saturated heterocycles. The monoisotopic (exact) mass is 495 g/mol. The molecule has 4 rings (SSSR count). The van der Waals surface area contributed by atoms with Crippen molar-refractivity contribution >= 4 is 23.4 Å².